The largest absolute Gasteiger partial charge is 0.462 e. The van der Waals surface area contributed by atoms with Gasteiger partial charge in [-0.1, -0.05) is 28.1 Å². The third-order valence-electron chi connectivity index (χ3n) is 2.87. The van der Waals surface area contributed by atoms with Crippen LogP contribution in [0, 0.1) is 5.92 Å². The van der Waals surface area contributed by atoms with Crippen LogP contribution in [0.4, 0.5) is 0 Å². The molecule has 1 saturated carbocycles. The minimum absolute atomic E-state index is 0.00393. The SMILES string of the molecule is CC(O)(COC(=O)C1CC1)c1ccc(Br)cc1. The Hall–Kier alpha value is -0.870. The topological polar surface area (TPSA) is 46.5 Å². The summed E-state index contributed by atoms with van der Waals surface area (Å²) in [5.74, 6) is -0.127. The Bertz CT molecular complexity index is 407. The molecule has 1 atom stereocenters. The Balaban J connectivity index is 1.97. The van der Waals surface area contributed by atoms with Crippen LogP contribution >= 0.6 is 15.9 Å². The van der Waals surface area contributed by atoms with Crippen molar-refractivity contribution in [2.45, 2.75) is 25.4 Å². The Kier molecular flexibility index (Phi) is 3.54. The Morgan fingerprint density at radius 3 is 2.59 bits per heavy atom. The first-order chi connectivity index (χ1) is 7.99. The Morgan fingerprint density at radius 1 is 1.47 bits per heavy atom. The van der Waals surface area contributed by atoms with Gasteiger partial charge in [-0.25, -0.2) is 0 Å². The summed E-state index contributed by atoms with van der Waals surface area (Å²) in [6.07, 6.45) is 1.83. The molecule has 1 N–H and O–H groups in total. The van der Waals surface area contributed by atoms with Gasteiger partial charge in [0.2, 0.25) is 0 Å². The zero-order chi connectivity index (χ0) is 12.5. The minimum atomic E-state index is -1.13. The van der Waals surface area contributed by atoms with Crippen molar-refractivity contribution in [3.63, 3.8) is 0 Å². The number of carbonyl (C=O) groups is 1. The van der Waals surface area contributed by atoms with Crippen LogP contribution in [0.5, 0.6) is 0 Å². The lowest BCUT2D eigenvalue weighted by atomic mass is 9.97. The highest BCUT2D eigenvalue weighted by Gasteiger charge is 2.33. The van der Waals surface area contributed by atoms with E-state index in [0.717, 1.165) is 22.9 Å². The number of ether oxygens (including phenoxy) is 1. The van der Waals surface area contributed by atoms with Gasteiger partial charge < -0.3 is 9.84 Å². The number of halogens is 1. The van der Waals surface area contributed by atoms with Crippen LogP contribution in [-0.4, -0.2) is 17.7 Å². The van der Waals surface area contributed by atoms with E-state index in [0.29, 0.717) is 0 Å². The van der Waals surface area contributed by atoms with Gasteiger partial charge in [0.15, 0.2) is 0 Å². The summed E-state index contributed by atoms with van der Waals surface area (Å²) in [6, 6.07) is 7.34. The van der Waals surface area contributed by atoms with Gasteiger partial charge in [0.05, 0.1) is 5.92 Å². The van der Waals surface area contributed by atoms with Crippen LogP contribution in [0.15, 0.2) is 28.7 Å². The summed E-state index contributed by atoms with van der Waals surface area (Å²) >= 11 is 3.33. The fourth-order valence-corrected chi connectivity index (χ4v) is 1.81. The summed E-state index contributed by atoms with van der Waals surface area (Å²) in [4.78, 5) is 11.4. The molecule has 0 aliphatic heterocycles. The second kappa shape index (κ2) is 4.78. The summed E-state index contributed by atoms with van der Waals surface area (Å²) in [6.45, 7) is 1.65. The molecule has 1 fully saturated rings. The van der Waals surface area contributed by atoms with Crippen molar-refractivity contribution in [3.8, 4) is 0 Å². The molecule has 1 aromatic rings. The predicted octanol–water partition coefficient (Wildman–Crippen LogP) is 2.61. The van der Waals surface area contributed by atoms with Gasteiger partial charge in [0.25, 0.3) is 0 Å². The average Bonchev–Trinajstić information content (AvgIpc) is 3.10. The molecule has 0 amide bonds. The molecule has 1 unspecified atom stereocenters. The van der Waals surface area contributed by atoms with Crippen LogP contribution in [0.1, 0.15) is 25.3 Å². The lowest BCUT2D eigenvalue weighted by Crippen LogP contribution is -2.29. The van der Waals surface area contributed by atoms with Crippen molar-refractivity contribution in [3.05, 3.63) is 34.3 Å². The second-order valence-corrected chi connectivity index (χ2v) is 5.58. The molecule has 3 nitrogen and oxygen atoms in total. The molecule has 0 bridgehead atoms. The molecule has 0 radical (unpaired) electrons. The van der Waals surface area contributed by atoms with Gasteiger partial charge in [-0.2, -0.15) is 0 Å². The number of carbonyl (C=O) groups excluding carboxylic acids is 1. The van der Waals surface area contributed by atoms with Crippen LogP contribution in [0.25, 0.3) is 0 Å². The van der Waals surface area contributed by atoms with Gasteiger partial charge in [-0.05, 0) is 37.5 Å². The van der Waals surface area contributed by atoms with E-state index in [2.05, 4.69) is 15.9 Å². The third kappa shape index (κ3) is 3.30. The molecule has 1 aromatic carbocycles. The number of rotatable bonds is 4. The lowest BCUT2D eigenvalue weighted by Gasteiger charge is -2.23. The number of hydrogen-bond acceptors (Lipinski definition) is 3. The molecule has 4 heteroatoms. The monoisotopic (exact) mass is 298 g/mol. The standard InChI is InChI=1S/C13H15BrO3/c1-13(16,8-17-12(15)9-2-3-9)10-4-6-11(14)7-5-10/h4-7,9,16H,2-3,8H2,1H3. The summed E-state index contributed by atoms with van der Waals surface area (Å²) in [7, 11) is 0. The van der Waals surface area contributed by atoms with Gasteiger partial charge in [-0.3, -0.25) is 4.79 Å². The number of hydrogen-bond donors (Lipinski definition) is 1. The van der Waals surface area contributed by atoms with Crippen molar-refractivity contribution in [2.24, 2.45) is 5.92 Å². The molecular formula is C13H15BrO3. The normalized spacial score (nSPS) is 18.5. The maximum absolute atomic E-state index is 11.4. The molecule has 17 heavy (non-hydrogen) atoms. The van der Waals surface area contributed by atoms with E-state index in [9.17, 15) is 9.90 Å². The molecule has 1 aliphatic rings. The summed E-state index contributed by atoms with van der Waals surface area (Å²) < 4.78 is 6.07. The molecule has 2 rings (SSSR count). The zero-order valence-corrected chi connectivity index (χ0v) is 11.2. The smallest absolute Gasteiger partial charge is 0.309 e. The van der Waals surface area contributed by atoms with Crippen molar-refractivity contribution < 1.29 is 14.6 Å². The highest BCUT2D eigenvalue weighted by atomic mass is 79.9. The third-order valence-corrected chi connectivity index (χ3v) is 3.40. The van der Waals surface area contributed by atoms with Crippen LogP contribution in [-0.2, 0) is 15.1 Å². The van der Waals surface area contributed by atoms with Crippen LogP contribution < -0.4 is 0 Å². The first kappa shape index (κ1) is 12.6. The Labute approximate surface area is 109 Å². The first-order valence-electron chi connectivity index (χ1n) is 5.64. The van der Waals surface area contributed by atoms with Gasteiger partial charge >= 0.3 is 5.97 Å². The van der Waals surface area contributed by atoms with Gasteiger partial charge in [0.1, 0.15) is 12.2 Å². The number of benzene rings is 1. The molecule has 92 valence electrons. The van der Waals surface area contributed by atoms with E-state index in [-0.39, 0.29) is 18.5 Å². The van der Waals surface area contributed by atoms with Crippen molar-refractivity contribution >= 4 is 21.9 Å². The van der Waals surface area contributed by atoms with Crippen LogP contribution in [0.2, 0.25) is 0 Å². The average molecular weight is 299 g/mol. The zero-order valence-electron chi connectivity index (χ0n) is 9.65. The van der Waals surface area contributed by atoms with E-state index >= 15 is 0 Å². The summed E-state index contributed by atoms with van der Waals surface area (Å²) in [5, 5.41) is 10.2. The van der Waals surface area contributed by atoms with Crippen molar-refractivity contribution in [2.75, 3.05) is 6.61 Å². The molecule has 1 aliphatic carbocycles. The van der Waals surface area contributed by atoms with E-state index in [1.807, 2.05) is 24.3 Å². The highest BCUT2D eigenvalue weighted by molar-refractivity contribution is 9.10. The molecule has 0 heterocycles. The molecule has 0 spiro atoms. The quantitative estimate of drug-likeness (QED) is 0.869. The second-order valence-electron chi connectivity index (χ2n) is 4.66. The molecule has 0 aromatic heterocycles. The van der Waals surface area contributed by atoms with Gasteiger partial charge in [-0.15, -0.1) is 0 Å². The van der Waals surface area contributed by atoms with E-state index in [1.54, 1.807) is 6.92 Å². The maximum atomic E-state index is 11.4. The van der Waals surface area contributed by atoms with Crippen molar-refractivity contribution in [1.82, 2.24) is 0 Å². The van der Waals surface area contributed by atoms with E-state index in [1.165, 1.54) is 0 Å². The van der Waals surface area contributed by atoms with E-state index < -0.39 is 5.60 Å². The predicted molar refractivity (Wildman–Crippen MR) is 67.4 cm³/mol. The fraction of sp³-hybridized carbons (Fsp3) is 0.462. The Morgan fingerprint density at radius 2 is 2.06 bits per heavy atom. The van der Waals surface area contributed by atoms with Gasteiger partial charge in [0, 0.05) is 4.47 Å². The highest BCUT2D eigenvalue weighted by Crippen LogP contribution is 2.31. The van der Waals surface area contributed by atoms with Crippen LogP contribution in [0.3, 0.4) is 0 Å². The molecule has 0 saturated heterocycles. The lowest BCUT2D eigenvalue weighted by molar-refractivity contribution is -0.152. The fourth-order valence-electron chi connectivity index (χ4n) is 1.54. The van der Waals surface area contributed by atoms with Crippen molar-refractivity contribution in [1.29, 1.82) is 0 Å². The van der Waals surface area contributed by atoms with E-state index in [4.69, 9.17) is 4.74 Å². The summed E-state index contributed by atoms with van der Waals surface area (Å²) in [5.41, 5.74) is -0.394. The first-order valence-corrected chi connectivity index (χ1v) is 6.43. The number of esters is 1. The minimum Gasteiger partial charge on any atom is -0.462 e. The molecular weight excluding hydrogens is 284 g/mol. The number of aliphatic hydroxyl groups is 1. The maximum Gasteiger partial charge on any atom is 0.309 e.